The normalized spacial score (nSPS) is 24.5. The summed E-state index contributed by atoms with van der Waals surface area (Å²) in [4.78, 5) is 22.1. The highest BCUT2D eigenvalue weighted by molar-refractivity contribution is 6.20. The van der Waals surface area contributed by atoms with Crippen LogP contribution in [-0.4, -0.2) is 16.7 Å². The molecule has 66 valence electrons. The van der Waals surface area contributed by atoms with Gasteiger partial charge < -0.3 is 5.11 Å². The van der Waals surface area contributed by atoms with Gasteiger partial charge in [0.25, 0.3) is 0 Å². The van der Waals surface area contributed by atoms with Crippen LogP contribution in [0.25, 0.3) is 0 Å². The minimum absolute atomic E-state index is 0.00750. The van der Waals surface area contributed by atoms with Crippen LogP contribution in [0.1, 0.15) is 26.7 Å². The van der Waals surface area contributed by atoms with Crippen LogP contribution in [-0.2, 0) is 9.59 Å². The zero-order valence-corrected chi connectivity index (χ0v) is 7.26. The molecule has 1 aliphatic rings. The third-order valence-electron chi connectivity index (χ3n) is 2.00. The van der Waals surface area contributed by atoms with Crippen LogP contribution in [0, 0.1) is 5.92 Å². The molecule has 0 radical (unpaired) electrons. The number of Topliss-reactive ketones (excluding diaryl/α,β-unsaturated/α-hetero) is 2. The predicted molar refractivity (Wildman–Crippen MR) is 43.7 cm³/mol. The molecular formula is C9H12O3. The highest BCUT2D eigenvalue weighted by atomic mass is 16.3. The van der Waals surface area contributed by atoms with Crippen molar-refractivity contribution in [3.8, 4) is 0 Å². The van der Waals surface area contributed by atoms with Crippen molar-refractivity contribution in [2.45, 2.75) is 26.7 Å². The Morgan fingerprint density at radius 2 is 2.08 bits per heavy atom. The Bertz CT molecular complexity index is 263. The van der Waals surface area contributed by atoms with Crippen LogP contribution in [0.15, 0.2) is 11.3 Å². The number of hydrogen-bond acceptors (Lipinski definition) is 3. The molecule has 0 amide bonds. The third-order valence-corrected chi connectivity index (χ3v) is 2.00. The molecule has 1 unspecified atom stereocenters. The summed E-state index contributed by atoms with van der Waals surface area (Å²) < 4.78 is 0. The second-order valence-corrected chi connectivity index (χ2v) is 3.31. The van der Waals surface area contributed by atoms with Crippen molar-refractivity contribution in [1.82, 2.24) is 0 Å². The molecule has 1 aliphatic carbocycles. The van der Waals surface area contributed by atoms with Gasteiger partial charge in [-0.15, -0.1) is 0 Å². The van der Waals surface area contributed by atoms with Crippen LogP contribution in [0.5, 0.6) is 0 Å². The van der Waals surface area contributed by atoms with E-state index < -0.39 is 0 Å². The van der Waals surface area contributed by atoms with E-state index in [1.165, 1.54) is 6.92 Å². The van der Waals surface area contributed by atoms with Crippen LogP contribution < -0.4 is 0 Å². The average molecular weight is 168 g/mol. The lowest BCUT2D eigenvalue weighted by Gasteiger charge is -2.18. The Labute approximate surface area is 71.1 Å². The number of hydrogen-bond donors (Lipinski definition) is 1. The molecule has 0 spiro atoms. The van der Waals surface area contributed by atoms with E-state index in [4.69, 9.17) is 0 Å². The van der Waals surface area contributed by atoms with Crippen molar-refractivity contribution < 1.29 is 14.7 Å². The molecule has 0 aromatic rings. The average Bonchev–Trinajstić information content (AvgIpc) is 1.82. The predicted octanol–water partition coefficient (Wildman–Crippen LogP) is 1.39. The molecule has 0 bridgehead atoms. The Morgan fingerprint density at radius 1 is 1.50 bits per heavy atom. The summed E-state index contributed by atoms with van der Waals surface area (Å²) in [5.41, 5.74) is 0.00750. The number of aliphatic hydroxyl groups excluding tert-OH is 1. The van der Waals surface area contributed by atoms with E-state index >= 15 is 0 Å². The highest BCUT2D eigenvalue weighted by Crippen LogP contribution is 2.25. The van der Waals surface area contributed by atoms with Crippen molar-refractivity contribution in [3.05, 3.63) is 11.3 Å². The van der Waals surface area contributed by atoms with E-state index in [-0.39, 0.29) is 28.8 Å². The fourth-order valence-corrected chi connectivity index (χ4v) is 1.48. The maximum atomic E-state index is 11.2. The molecule has 0 heterocycles. The molecule has 0 aliphatic heterocycles. The first kappa shape index (κ1) is 8.97. The van der Waals surface area contributed by atoms with E-state index in [1.807, 2.05) is 6.92 Å². The smallest absolute Gasteiger partial charge is 0.170 e. The molecule has 1 rings (SSSR count). The van der Waals surface area contributed by atoms with Crippen molar-refractivity contribution >= 4 is 11.6 Å². The Balaban J connectivity index is 3.01. The molecule has 1 N–H and O–H groups in total. The molecule has 3 heteroatoms. The van der Waals surface area contributed by atoms with Crippen LogP contribution in [0.4, 0.5) is 0 Å². The number of rotatable bonds is 1. The Hall–Kier alpha value is -1.12. The monoisotopic (exact) mass is 168 g/mol. The molecule has 0 fully saturated rings. The molecule has 1 atom stereocenters. The first-order valence-corrected chi connectivity index (χ1v) is 3.98. The van der Waals surface area contributed by atoms with Crippen molar-refractivity contribution in [1.29, 1.82) is 0 Å². The standard InChI is InChI=1S/C9H12O3/c1-5-3-7(11)9(6(2)10)8(12)4-5/h5,11H,3-4H2,1-2H3. The summed E-state index contributed by atoms with van der Waals surface area (Å²) in [7, 11) is 0. The van der Waals surface area contributed by atoms with Gasteiger partial charge in [0.05, 0.1) is 5.57 Å². The highest BCUT2D eigenvalue weighted by Gasteiger charge is 2.27. The minimum Gasteiger partial charge on any atom is -0.511 e. The number of allylic oxidation sites excluding steroid dienone is 2. The Morgan fingerprint density at radius 3 is 2.50 bits per heavy atom. The zero-order chi connectivity index (χ0) is 9.30. The molecule has 3 nitrogen and oxygen atoms in total. The lowest BCUT2D eigenvalue weighted by molar-refractivity contribution is -0.121. The lowest BCUT2D eigenvalue weighted by atomic mass is 9.87. The van der Waals surface area contributed by atoms with E-state index in [1.54, 1.807) is 0 Å². The molecule has 12 heavy (non-hydrogen) atoms. The Kier molecular flexibility index (Phi) is 2.31. The molecule has 0 aromatic heterocycles. The van der Waals surface area contributed by atoms with Gasteiger partial charge >= 0.3 is 0 Å². The van der Waals surface area contributed by atoms with Gasteiger partial charge in [-0.2, -0.15) is 0 Å². The van der Waals surface area contributed by atoms with Gasteiger partial charge in [-0.1, -0.05) is 6.92 Å². The van der Waals surface area contributed by atoms with E-state index in [0.29, 0.717) is 12.8 Å². The first-order chi connectivity index (χ1) is 5.52. The van der Waals surface area contributed by atoms with Crippen molar-refractivity contribution in [2.75, 3.05) is 0 Å². The first-order valence-electron chi connectivity index (χ1n) is 3.98. The summed E-state index contributed by atoms with van der Waals surface area (Å²) in [6, 6.07) is 0. The quantitative estimate of drug-likeness (QED) is 0.602. The van der Waals surface area contributed by atoms with Gasteiger partial charge in [-0.3, -0.25) is 9.59 Å². The van der Waals surface area contributed by atoms with Crippen LogP contribution in [0.2, 0.25) is 0 Å². The second-order valence-electron chi connectivity index (χ2n) is 3.31. The summed E-state index contributed by atoms with van der Waals surface area (Å²) in [5, 5.41) is 9.32. The summed E-state index contributed by atoms with van der Waals surface area (Å²) in [5.74, 6) is -0.435. The third kappa shape index (κ3) is 1.55. The maximum absolute atomic E-state index is 11.2. The molecule has 0 saturated heterocycles. The van der Waals surface area contributed by atoms with Crippen molar-refractivity contribution in [2.24, 2.45) is 5.92 Å². The van der Waals surface area contributed by atoms with Gasteiger partial charge in [0.1, 0.15) is 5.76 Å². The fourth-order valence-electron chi connectivity index (χ4n) is 1.48. The van der Waals surface area contributed by atoms with Gasteiger partial charge in [0.15, 0.2) is 11.6 Å². The number of carbonyl (C=O) groups is 2. The van der Waals surface area contributed by atoms with E-state index in [9.17, 15) is 14.7 Å². The van der Waals surface area contributed by atoms with E-state index in [0.717, 1.165) is 0 Å². The summed E-state index contributed by atoms with van der Waals surface area (Å²) in [6.07, 6.45) is 0.819. The fraction of sp³-hybridized carbons (Fsp3) is 0.556. The van der Waals surface area contributed by atoms with Crippen LogP contribution >= 0.6 is 0 Å². The minimum atomic E-state index is -0.329. The molecular weight excluding hydrogens is 156 g/mol. The van der Waals surface area contributed by atoms with Crippen molar-refractivity contribution in [3.63, 3.8) is 0 Å². The SMILES string of the molecule is CC(=O)C1=C(O)CC(C)CC1=O. The van der Waals surface area contributed by atoms with Crippen LogP contribution in [0.3, 0.4) is 0 Å². The number of ketones is 2. The zero-order valence-electron chi connectivity index (χ0n) is 7.26. The van der Waals surface area contributed by atoms with Gasteiger partial charge in [0.2, 0.25) is 0 Å². The lowest BCUT2D eigenvalue weighted by Crippen LogP contribution is -2.21. The van der Waals surface area contributed by atoms with Gasteiger partial charge in [0, 0.05) is 12.8 Å². The molecule has 0 aromatic carbocycles. The largest absolute Gasteiger partial charge is 0.511 e. The second kappa shape index (κ2) is 3.09. The van der Waals surface area contributed by atoms with E-state index in [2.05, 4.69) is 0 Å². The topological polar surface area (TPSA) is 54.4 Å². The number of carbonyl (C=O) groups excluding carboxylic acids is 2. The molecule has 0 saturated carbocycles. The summed E-state index contributed by atoms with van der Waals surface area (Å²) in [6.45, 7) is 3.18. The van der Waals surface area contributed by atoms with Gasteiger partial charge in [-0.25, -0.2) is 0 Å². The summed E-state index contributed by atoms with van der Waals surface area (Å²) >= 11 is 0. The maximum Gasteiger partial charge on any atom is 0.170 e. The van der Waals surface area contributed by atoms with Gasteiger partial charge in [-0.05, 0) is 12.8 Å². The number of aliphatic hydroxyl groups is 1.